The van der Waals surface area contributed by atoms with E-state index in [1.807, 2.05) is 6.07 Å². The van der Waals surface area contributed by atoms with E-state index in [0.29, 0.717) is 12.2 Å². The molecule has 96 valence electrons. The molecule has 3 nitrogen and oxygen atoms in total. The summed E-state index contributed by atoms with van der Waals surface area (Å²) in [7, 11) is 1.78. The van der Waals surface area contributed by atoms with Crippen molar-refractivity contribution in [1.82, 2.24) is 4.90 Å². The van der Waals surface area contributed by atoms with E-state index in [-0.39, 0.29) is 5.82 Å². The van der Waals surface area contributed by atoms with Crippen molar-refractivity contribution in [2.24, 2.45) is 0 Å². The maximum absolute atomic E-state index is 12.9. The van der Waals surface area contributed by atoms with Gasteiger partial charge in [-0.15, -0.1) is 0 Å². The first kappa shape index (κ1) is 14.2. The van der Waals surface area contributed by atoms with Gasteiger partial charge in [0.1, 0.15) is 5.82 Å². The van der Waals surface area contributed by atoms with Crippen LogP contribution in [0.15, 0.2) is 30.3 Å². The molecule has 1 aromatic carbocycles. The lowest BCUT2D eigenvalue weighted by Gasteiger charge is -2.29. The van der Waals surface area contributed by atoms with E-state index >= 15 is 0 Å². The molecule has 0 atom stereocenters. The largest absolute Gasteiger partial charge is 0.389 e. The summed E-state index contributed by atoms with van der Waals surface area (Å²) in [4.78, 5) is 1.77. The zero-order valence-corrected chi connectivity index (χ0v) is 10.8. The van der Waals surface area contributed by atoms with Crippen LogP contribution in [0.4, 0.5) is 4.39 Å². The Bertz CT molecular complexity index is 466. The van der Waals surface area contributed by atoms with Gasteiger partial charge in [0.25, 0.3) is 0 Å². The lowest BCUT2D eigenvalue weighted by Crippen LogP contribution is -2.35. The first-order valence-electron chi connectivity index (χ1n) is 5.63. The normalized spacial score (nSPS) is 12.1. The summed E-state index contributed by atoms with van der Waals surface area (Å²) in [5.74, 6) is -0.319. The number of halogens is 1. The predicted molar refractivity (Wildman–Crippen MR) is 68.9 cm³/mol. The molecule has 0 aromatic heterocycles. The number of aliphatic hydroxyl groups is 1. The van der Waals surface area contributed by atoms with Crippen molar-refractivity contribution < 1.29 is 9.50 Å². The van der Waals surface area contributed by atoms with Crippen molar-refractivity contribution in [2.75, 3.05) is 13.6 Å². The summed E-state index contributed by atoms with van der Waals surface area (Å²) in [5, 5.41) is 18.6. The number of nitriles is 1. The molecular weight excluding hydrogens is 231 g/mol. The summed E-state index contributed by atoms with van der Waals surface area (Å²) < 4.78 is 12.9. The SMILES string of the molecule is CN(CC(C)(C)O)/C(=C/C#N)c1ccc(F)cc1. The Morgan fingerprint density at radius 3 is 2.44 bits per heavy atom. The number of hydrogen-bond donors (Lipinski definition) is 1. The fourth-order valence-electron chi connectivity index (χ4n) is 1.76. The van der Waals surface area contributed by atoms with E-state index in [2.05, 4.69) is 0 Å². The molecular formula is C14H17FN2O. The standard InChI is InChI=1S/C14H17FN2O/c1-14(2,18)10-17(3)13(8-9-16)11-4-6-12(15)7-5-11/h4-8,18H,10H2,1-3H3/b13-8+. The van der Waals surface area contributed by atoms with Crippen LogP contribution in [0, 0.1) is 17.1 Å². The molecule has 0 fully saturated rings. The molecule has 1 aromatic rings. The number of allylic oxidation sites excluding steroid dienone is 1. The van der Waals surface area contributed by atoms with Crippen LogP contribution in [0.5, 0.6) is 0 Å². The zero-order valence-electron chi connectivity index (χ0n) is 10.8. The Labute approximate surface area is 107 Å². The van der Waals surface area contributed by atoms with Crippen LogP contribution in [-0.4, -0.2) is 29.2 Å². The van der Waals surface area contributed by atoms with Gasteiger partial charge in [-0.3, -0.25) is 0 Å². The Kier molecular flexibility index (Phi) is 4.46. The molecule has 0 bridgehead atoms. The smallest absolute Gasteiger partial charge is 0.123 e. The quantitative estimate of drug-likeness (QED) is 0.832. The summed E-state index contributed by atoms with van der Waals surface area (Å²) >= 11 is 0. The van der Waals surface area contributed by atoms with Crippen molar-refractivity contribution in [3.63, 3.8) is 0 Å². The highest BCUT2D eigenvalue weighted by Crippen LogP contribution is 2.20. The molecule has 0 radical (unpaired) electrons. The van der Waals surface area contributed by atoms with Gasteiger partial charge in [0.2, 0.25) is 0 Å². The van der Waals surface area contributed by atoms with E-state index in [0.717, 1.165) is 5.56 Å². The zero-order chi connectivity index (χ0) is 13.8. The third kappa shape index (κ3) is 4.19. The summed E-state index contributed by atoms with van der Waals surface area (Å²) in [5.41, 5.74) is 0.521. The van der Waals surface area contributed by atoms with Gasteiger partial charge in [-0.25, -0.2) is 4.39 Å². The summed E-state index contributed by atoms with van der Waals surface area (Å²) in [6.45, 7) is 3.76. The highest BCUT2D eigenvalue weighted by molar-refractivity contribution is 5.66. The number of hydrogen-bond acceptors (Lipinski definition) is 3. The summed E-state index contributed by atoms with van der Waals surface area (Å²) in [6.07, 6.45) is 1.39. The summed E-state index contributed by atoms with van der Waals surface area (Å²) in [6, 6.07) is 7.88. The predicted octanol–water partition coefficient (Wildman–Crippen LogP) is 2.39. The monoisotopic (exact) mass is 248 g/mol. The number of rotatable bonds is 4. The van der Waals surface area contributed by atoms with Crippen LogP contribution in [-0.2, 0) is 0 Å². The van der Waals surface area contributed by atoms with Gasteiger partial charge in [-0.2, -0.15) is 5.26 Å². The number of nitrogens with zero attached hydrogens (tertiary/aromatic N) is 2. The Morgan fingerprint density at radius 2 is 2.00 bits per heavy atom. The Balaban J connectivity index is 3.01. The lowest BCUT2D eigenvalue weighted by molar-refractivity contribution is 0.0593. The fraction of sp³-hybridized carbons (Fsp3) is 0.357. The third-order valence-electron chi connectivity index (χ3n) is 2.38. The minimum Gasteiger partial charge on any atom is -0.389 e. The van der Waals surface area contributed by atoms with E-state index in [9.17, 15) is 9.50 Å². The van der Waals surface area contributed by atoms with E-state index in [1.165, 1.54) is 18.2 Å². The van der Waals surface area contributed by atoms with E-state index in [4.69, 9.17) is 5.26 Å². The molecule has 1 N–H and O–H groups in total. The molecule has 0 aliphatic rings. The van der Waals surface area contributed by atoms with Gasteiger partial charge in [0.05, 0.1) is 17.4 Å². The van der Waals surface area contributed by atoms with Crippen LogP contribution >= 0.6 is 0 Å². The molecule has 4 heteroatoms. The van der Waals surface area contributed by atoms with Gasteiger partial charge in [0, 0.05) is 19.7 Å². The van der Waals surface area contributed by atoms with Crippen LogP contribution in [0.1, 0.15) is 19.4 Å². The second kappa shape index (κ2) is 5.65. The topological polar surface area (TPSA) is 47.3 Å². The van der Waals surface area contributed by atoms with Crippen molar-refractivity contribution in [1.29, 1.82) is 5.26 Å². The molecule has 0 aliphatic heterocycles. The van der Waals surface area contributed by atoms with Crippen LogP contribution < -0.4 is 0 Å². The number of benzene rings is 1. The minimum atomic E-state index is -0.872. The highest BCUT2D eigenvalue weighted by atomic mass is 19.1. The van der Waals surface area contributed by atoms with Crippen molar-refractivity contribution in [3.05, 3.63) is 41.7 Å². The molecule has 0 heterocycles. The average molecular weight is 248 g/mol. The van der Waals surface area contributed by atoms with Crippen molar-refractivity contribution >= 4 is 5.70 Å². The van der Waals surface area contributed by atoms with Crippen LogP contribution in [0.25, 0.3) is 5.70 Å². The molecule has 0 amide bonds. The van der Waals surface area contributed by atoms with Gasteiger partial charge >= 0.3 is 0 Å². The average Bonchev–Trinajstić information content (AvgIpc) is 2.25. The van der Waals surface area contributed by atoms with Crippen LogP contribution in [0.2, 0.25) is 0 Å². The maximum atomic E-state index is 12.9. The molecule has 18 heavy (non-hydrogen) atoms. The van der Waals surface area contributed by atoms with Gasteiger partial charge in [-0.05, 0) is 43.7 Å². The Hall–Kier alpha value is -1.86. The molecule has 0 saturated heterocycles. The molecule has 0 spiro atoms. The fourth-order valence-corrected chi connectivity index (χ4v) is 1.76. The maximum Gasteiger partial charge on any atom is 0.123 e. The molecule has 0 saturated carbocycles. The first-order valence-corrected chi connectivity index (χ1v) is 5.63. The Morgan fingerprint density at radius 1 is 1.44 bits per heavy atom. The van der Waals surface area contributed by atoms with Gasteiger partial charge < -0.3 is 10.0 Å². The van der Waals surface area contributed by atoms with Gasteiger partial charge in [0.15, 0.2) is 0 Å². The third-order valence-corrected chi connectivity index (χ3v) is 2.38. The van der Waals surface area contributed by atoms with Crippen molar-refractivity contribution in [3.8, 4) is 6.07 Å². The highest BCUT2D eigenvalue weighted by Gasteiger charge is 2.18. The van der Waals surface area contributed by atoms with Crippen LogP contribution in [0.3, 0.4) is 0 Å². The molecule has 1 rings (SSSR count). The lowest BCUT2D eigenvalue weighted by atomic mass is 10.1. The van der Waals surface area contributed by atoms with E-state index in [1.54, 1.807) is 37.9 Å². The van der Waals surface area contributed by atoms with Crippen molar-refractivity contribution in [2.45, 2.75) is 19.4 Å². The molecule has 0 unspecified atom stereocenters. The van der Waals surface area contributed by atoms with E-state index < -0.39 is 5.60 Å². The first-order chi connectivity index (χ1) is 8.33. The molecule has 0 aliphatic carbocycles. The number of likely N-dealkylation sites (N-methyl/N-ethyl adjacent to an activating group) is 1. The second-order valence-electron chi connectivity index (χ2n) is 4.83. The second-order valence-corrected chi connectivity index (χ2v) is 4.83. The van der Waals surface area contributed by atoms with Gasteiger partial charge in [-0.1, -0.05) is 0 Å². The minimum absolute atomic E-state index is 0.319.